The number of hydrogen-bond acceptors (Lipinski definition) is 0. The standard InChI is InChI=1S/2C5H11.Al.BrH/c2*1-5(2,3)4;;/h2*1H2,2-4H3;;1H/q;;+1;/p-1. The Morgan fingerprint density at radius 1 is 0.833 bits per heavy atom. The summed E-state index contributed by atoms with van der Waals surface area (Å²) in [6, 6.07) is 0. The second kappa shape index (κ2) is 4.49. The third-order valence-corrected chi connectivity index (χ3v) is 6.95. The molecule has 2 heteroatoms. The highest BCUT2D eigenvalue weighted by atomic mass is 79.9. The van der Waals surface area contributed by atoms with Crippen LogP contribution in [0.15, 0.2) is 0 Å². The van der Waals surface area contributed by atoms with E-state index < -0.39 is 12.3 Å². The van der Waals surface area contributed by atoms with Gasteiger partial charge in [-0.3, -0.25) is 0 Å². The molecule has 0 nitrogen and oxygen atoms in total. The Bertz CT molecular complexity index is 114. The molecule has 0 saturated heterocycles. The van der Waals surface area contributed by atoms with E-state index in [1.807, 2.05) is 0 Å². The van der Waals surface area contributed by atoms with Gasteiger partial charge in [0.25, 0.3) is 0 Å². The molecule has 0 rings (SSSR count). The van der Waals surface area contributed by atoms with Crippen molar-refractivity contribution in [1.82, 2.24) is 0 Å². The predicted molar refractivity (Wildman–Crippen MR) is 63.2 cm³/mol. The molecule has 0 atom stereocenters. The Kier molecular flexibility index (Phi) is 4.87. The van der Waals surface area contributed by atoms with Crippen LogP contribution in [0.1, 0.15) is 41.5 Å². The molecule has 0 N–H and O–H groups in total. The van der Waals surface area contributed by atoms with E-state index in [2.05, 4.69) is 55.6 Å². The van der Waals surface area contributed by atoms with Crippen LogP contribution in [0.3, 0.4) is 0 Å². The van der Waals surface area contributed by atoms with E-state index in [0.717, 1.165) is 0 Å². The zero-order valence-electron chi connectivity index (χ0n) is 9.37. The van der Waals surface area contributed by atoms with E-state index in [4.69, 9.17) is 0 Å². The van der Waals surface area contributed by atoms with Crippen LogP contribution < -0.4 is 0 Å². The fourth-order valence-electron chi connectivity index (χ4n) is 1.40. The second-order valence-corrected chi connectivity index (χ2v) is 12.0. The molecule has 0 saturated carbocycles. The molecule has 0 aromatic heterocycles. The molecule has 0 aromatic carbocycles. The van der Waals surface area contributed by atoms with Crippen molar-refractivity contribution < 1.29 is 0 Å². The van der Waals surface area contributed by atoms with Gasteiger partial charge < -0.3 is 0 Å². The average molecular weight is 249 g/mol. The van der Waals surface area contributed by atoms with Gasteiger partial charge in [-0.2, -0.15) is 0 Å². The van der Waals surface area contributed by atoms with Crippen molar-refractivity contribution in [2.24, 2.45) is 10.8 Å². The molecule has 0 amide bonds. The molecule has 0 spiro atoms. The average Bonchev–Trinajstić information content (AvgIpc) is 1.49. The van der Waals surface area contributed by atoms with Crippen LogP contribution in [0, 0.1) is 10.8 Å². The van der Waals surface area contributed by atoms with E-state index >= 15 is 0 Å². The van der Waals surface area contributed by atoms with Crippen molar-refractivity contribution in [2.75, 3.05) is 0 Å². The highest BCUT2D eigenvalue weighted by Gasteiger charge is 2.26. The maximum atomic E-state index is 3.89. The van der Waals surface area contributed by atoms with Gasteiger partial charge in [0.15, 0.2) is 0 Å². The van der Waals surface area contributed by atoms with Crippen LogP contribution in [-0.4, -0.2) is 12.3 Å². The van der Waals surface area contributed by atoms with Crippen LogP contribution in [0.5, 0.6) is 0 Å². The zero-order valence-corrected chi connectivity index (χ0v) is 12.1. The molecular weight excluding hydrogens is 227 g/mol. The lowest BCUT2D eigenvalue weighted by atomic mass is 10.00. The molecule has 72 valence electrons. The third kappa shape index (κ3) is 9.10. The van der Waals surface area contributed by atoms with E-state index in [-0.39, 0.29) is 0 Å². The summed E-state index contributed by atoms with van der Waals surface area (Å²) in [5.74, 6) is 0. The third-order valence-electron chi connectivity index (χ3n) is 1.67. The first-order chi connectivity index (χ1) is 5.10. The van der Waals surface area contributed by atoms with Crippen molar-refractivity contribution in [3.8, 4) is 0 Å². The minimum Gasteiger partial charge on any atom is -0.217 e. The quantitative estimate of drug-likeness (QED) is 0.633. The summed E-state index contributed by atoms with van der Waals surface area (Å²) in [6.07, 6.45) is 0. The molecule has 12 heavy (non-hydrogen) atoms. The molecule has 0 heterocycles. The normalized spacial score (nSPS) is 13.2. The van der Waals surface area contributed by atoms with Crippen molar-refractivity contribution >= 4 is 26.4 Å². The molecule has 0 bridgehead atoms. The maximum absolute atomic E-state index is 3.89. The lowest BCUT2D eigenvalue weighted by Crippen LogP contribution is -2.20. The minimum absolute atomic E-state index is 0.506. The Balaban J connectivity index is 3.83. The fourth-order valence-corrected chi connectivity index (χ4v) is 10.0. The smallest absolute Gasteiger partial charge is 0.217 e. The lowest BCUT2D eigenvalue weighted by molar-refractivity contribution is 0.444. The Hall–Kier alpha value is 1.01. The number of hydrogen-bond donors (Lipinski definition) is 0. The van der Waals surface area contributed by atoms with Gasteiger partial charge in [0.1, 0.15) is 0 Å². The Morgan fingerprint density at radius 2 is 1.08 bits per heavy atom. The van der Waals surface area contributed by atoms with Gasteiger partial charge in [0.05, 0.1) is 0 Å². The van der Waals surface area contributed by atoms with Gasteiger partial charge in [-0.25, -0.2) is 14.1 Å². The van der Waals surface area contributed by atoms with Gasteiger partial charge in [0, 0.05) is 0 Å². The first kappa shape index (κ1) is 13.0. The van der Waals surface area contributed by atoms with Gasteiger partial charge in [-0.05, 0) is 10.8 Å². The van der Waals surface area contributed by atoms with Crippen molar-refractivity contribution in [3.63, 3.8) is 0 Å². The molecule has 0 aromatic rings. The Labute approximate surface area is 89.2 Å². The molecular formula is C10H22AlBr. The summed E-state index contributed by atoms with van der Waals surface area (Å²) in [4.78, 5) is 0. The van der Waals surface area contributed by atoms with Crippen LogP contribution in [0.4, 0.5) is 0 Å². The molecule has 0 unspecified atom stereocenters. The summed E-state index contributed by atoms with van der Waals surface area (Å²) < 4.78 is 0. The highest BCUT2D eigenvalue weighted by molar-refractivity contribution is 9.24. The lowest BCUT2D eigenvalue weighted by Gasteiger charge is -2.24. The van der Waals surface area contributed by atoms with Crippen LogP contribution >= 0.6 is 14.1 Å². The van der Waals surface area contributed by atoms with Crippen LogP contribution in [-0.2, 0) is 0 Å². The summed E-state index contributed by atoms with van der Waals surface area (Å²) >= 11 is 3.25. The van der Waals surface area contributed by atoms with E-state index in [1.165, 1.54) is 10.6 Å². The molecule has 0 aliphatic carbocycles. The first-order valence-electron chi connectivity index (χ1n) is 4.74. The minimum atomic E-state index is -0.640. The summed E-state index contributed by atoms with van der Waals surface area (Å²) in [5, 5.41) is 2.79. The molecule has 0 radical (unpaired) electrons. The van der Waals surface area contributed by atoms with Gasteiger partial charge >= 0.3 is 12.3 Å². The van der Waals surface area contributed by atoms with Crippen molar-refractivity contribution in [1.29, 1.82) is 0 Å². The van der Waals surface area contributed by atoms with Crippen molar-refractivity contribution in [3.05, 3.63) is 0 Å². The maximum Gasteiger partial charge on any atom is 0.366 e. The largest absolute Gasteiger partial charge is 0.366 e. The molecule has 0 aliphatic heterocycles. The molecule has 0 aliphatic rings. The van der Waals surface area contributed by atoms with E-state index in [0.29, 0.717) is 10.8 Å². The van der Waals surface area contributed by atoms with E-state index in [9.17, 15) is 0 Å². The fraction of sp³-hybridized carbons (Fsp3) is 1.00. The van der Waals surface area contributed by atoms with Crippen LogP contribution in [0.2, 0.25) is 10.6 Å². The monoisotopic (exact) mass is 248 g/mol. The summed E-state index contributed by atoms with van der Waals surface area (Å²) in [6.45, 7) is 14.0. The number of rotatable bonds is 2. The SMILES string of the molecule is CC(C)(C)[CH2][Al]([Br])[CH2]C(C)(C)C. The Morgan fingerprint density at radius 3 is 1.25 bits per heavy atom. The molecule has 0 fully saturated rings. The van der Waals surface area contributed by atoms with Gasteiger partial charge in [-0.1, -0.05) is 52.1 Å². The van der Waals surface area contributed by atoms with E-state index in [1.54, 1.807) is 0 Å². The van der Waals surface area contributed by atoms with Crippen molar-refractivity contribution in [2.45, 2.75) is 52.1 Å². The highest BCUT2D eigenvalue weighted by Crippen LogP contribution is 2.31. The number of halogens is 1. The van der Waals surface area contributed by atoms with Gasteiger partial charge in [-0.15, -0.1) is 0 Å². The zero-order chi connectivity index (χ0) is 9.99. The second-order valence-electron chi connectivity index (χ2n) is 6.13. The topological polar surface area (TPSA) is 0 Å². The van der Waals surface area contributed by atoms with Crippen LogP contribution in [0.25, 0.3) is 0 Å². The summed E-state index contributed by atoms with van der Waals surface area (Å²) in [5.41, 5.74) is 1.01. The summed E-state index contributed by atoms with van der Waals surface area (Å²) in [7, 11) is 0. The van der Waals surface area contributed by atoms with Gasteiger partial charge in [0.2, 0.25) is 0 Å². The predicted octanol–water partition coefficient (Wildman–Crippen LogP) is 4.47. The first-order valence-corrected chi connectivity index (χ1v) is 9.56.